The Morgan fingerprint density at radius 2 is 1.96 bits per heavy atom. The van der Waals surface area contributed by atoms with Gasteiger partial charge in [-0.25, -0.2) is 9.50 Å². The first kappa shape index (κ1) is 19.8. The van der Waals surface area contributed by atoms with Crippen molar-refractivity contribution < 1.29 is 4.79 Å². The molecule has 1 aromatic carbocycles. The maximum Gasteiger partial charge on any atom is 0.253 e. The van der Waals surface area contributed by atoms with Crippen LogP contribution in [0.4, 0.5) is 5.69 Å². The van der Waals surface area contributed by atoms with Crippen LogP contribution in [0.1, 0.15) is 28.9 Å². The quantitative estimate of drug-likeness (QED) is 0.596. The first-order chi connectivity index (χ1) is 13.4. The Morgan fingerprint density at radius 3 is 2.68 bits per heavy atom. The third kappa shape index (κ3) is 4.31. The van der Waals surface area contributed by atoms with Gasteiger partial charge in [0.1, 0.15) is 0 Å². The topological polar surface area (TPSA) is 87.2 Å². The minimum atomic E-state index is -0.0804. The number of carbonyl (C=O) groups is 1. The molecule has 7 nitrogen and oxygen atoms in total. The highest BCUT2D eigenvalue weighted by molar-refractivity contribution is 7.99. The number of nitrogens with zero attached hydrogens (tertiary/aromatic N) is 6. The first-order valence-electron chi connectivity index (χ1n) is 8.97. The molecular formula is C20H22N6OS. The molecule has 0 unspecified atom stereocenters. The Morgan fingerprint density at radius 1 is 1.18 bits per heavy atom. The molecule has 144 valence electrons. The van der Waals surface area contributed by atoms with Crippen molar-refractivity contribution in [2.24, 2.45) is 0 Å². The summed E-state index contributed by atoms with van der Waals surface area (Å²) in [6, 6.07) is 9.94. The van der Waals surface area contributed by atoms with Crippen molar-refractivity contribution in [3.8, 4) is 6.07 Å². The van der Waals surface area contributed by atoms with Gasteiger partial charge in [0.15, 0.2) is 0 Å². The predicted molar refractivity (Wildman–Crippen MR) is 109 cm³/mol. The van der Waals surface area contributed by atoms with E-state index in [1.807, 2.05) is 52.0 Å². The molecule has 1 amide bonds. The van der Waals surface area contributed by atoms with Gasteiger partial charge in [0.2, 0.25) is 11.1 Å². The molecule has 0 spiro atoms. The average molecular weight is 395 g/mol. The average Bonchev–Trinajstić information content (AvgIpc) is 3.06. The standard InChI is InChI=1S/C20H22N6OS/c1-13-6-7-17(10-14(13)2)25(9-5-8-21)18(27)12-28-20-23-19-22-15(3)11-16(4)26(19)24-20/h6-7,10-11H,5,9,12H2,1-4H3. The van der Waals surface area contributed by atoms with Gasteiger partial charge < -0.3 is 4.90 Å². The van der Waals surface area contributed by atoms with Crippen molar-refractivity contribution in [2.45, 2.75) is 39.3 Å². The number of thioether (sulfide) groups is 1. The molecule has 0 aliphatic heterocycles. The minimum absolute atomic E-state index is 0.0804. The van der Waals surface area contributed by atoms with E-state index in [-0.39, 0.29) is 18.1 Å². The lowest BCUT2D eigenvalue weighted by atomic mass is 10.1. The second-order valence-corrected chi connectivity index (χ2v) is 7.60. The molecule has 0 aliphatic rings. The lowest BCUT2D eigenvalue weighted by Gasteiger charge is -2.22. The summed E-state index contributed by atoms with van der Waals surface area (Å²) in [7, 11) is 0. The van der Waals surface area contributed by atoms with E-state index in [1.165, 1.54) is 11.8 Å². The number of fused-ring (bicyclic) bond motifs is 1. The molecule has 28 heavy (non-hydrogen) atoms. The number of hydrogen-bond donors (Lipinski definition) is 0. The van der Waals surface area contributed by atoms with Crippen molar-refractivity contribution in [1.29, 1.82) is 5.26 Å². The number of rotatable bonds is 6. The molecule has 0 N–H and O–H groups in total. The molecule has 0 atom stereocenters. The number of amides is 1. The molecule has 2 aromatic heterocycles. The molecule has 0 aliphatic carbocycles. The number of hydrogen-bond acceptors (Lipinski definition) is 6. The molecule has 0 saturated heterocycles. The van der Waals surface area contributed by atoms with Gasteiger partial charge in [-0.05, 0) is 57.0 Å². The molecular weight excluding hydrogens is 372 g/mol. The van der Waals surface area contributed by atoms with Crippen LogP contribution in [0.5, 0.6) is 0 Å². The molecule has 0 saturated carbocycles. The van der Waals surface area contributed by atoms with E-state index in [1.54, 1.807) is 9.42 Å². The van der Waals surface area contributed by atoms with Crippen LogP contribution in [0.2, 0.25) is 0 Å². The molecule has 3 rings (SSSR count). The molecule has 0 fully saturated rings. The highest BCUT2D eigenvalue weighted by Crippen LogP contribution is 2.22. The smallest absolute Gasteiger partial charge is 0.253 e. The zero-order chi connectivity index (χ0) is 20.3. The molecule has 2 heterocycles. The van der Waals surface area contributed by atoms with Crippen LogP contribution in [0.3, 0.4) is 0 Å². The summed E-state index contributed by atoms with van der Waals surface area (Å²) in [5.41, 5.74) is 4.90. The van der Waals surface area contributed by atoms with Crippen LogP contribution in [0, 0.1) is 39.0 Å². The second-order valence-electron chi connectivity index (χ2n) is 6.66. The number of aromatic nitrogens is 4. The maximum atomic E-state index is 12.9. The van der Waals surface area contributed by atoms with Crippen molar-refractivity contribution in [3.05, 3.63) is 46.8 Å². The molecule has 8 heteroatoms. The van der Waals surface area contributed by atoms with Crippen molar-refractivity contribution in [3.63, 3.8) is 0 Å². The fraction of sp³-hybridized carbons (Fsp3) is 0.350. The Bertz CT molecular complexity index is 1070. The van der Waals surface area contributed by atoms with Gasteiger partial charge in [-0.1, -0.05) is 17.8 Å². The van der Waals surface area contributed by atoms with Crippen LogP contribution in [0.25, 0.3) is 5.78 Å². The predicted octanol–water partition coefficient (Wildman–Crippen LogP) is 3.40. The maximum absolute atomic E-state index is 12.9. The molecule has 3 aromatic rings. The molecule has 0 bridgehead atoms. The Labute approximate surface area is 168 Å². The van der Waals surface area contributed by atoms with E-state index in [0.717, 1.165) is 28.2 Å². The van der Waals surface area contributed by atoms with Crippen LogP contribution >= 0.6 is 11.8 Å². The van der Waals surface area contributed by atoms with Crippen LogP contribution in [-0.2, 0) is 4.79 Å². The van der Waals surface area contributed by atoms with Crippen LogP contribution in [0.15, 0.2) is 29.4 Å². The Kier molecular flexibility index (Phi) is 5.95. The van der Waals surface area contributed by atoms with E-state index in [9.17, 15) is 4.79 Å². The van der Waals surface area contributed by atoms with Crippen LogP contribution < -0.4 is 4.90 Å². The fourth-order valence-corrected chi connectivity index (χ4v) is 3.56. The highest BCUT2D eigenvalue weighted by atomic mass is 32.2. The van der Waals surface area contributed by atoms with E-state index in [2.05, 4.69) is 21.1 Å². The lowest BCUT2D eigenvalue weighted by Crippen LogP contribution is -2.33. The normalized spacial score (nSPS) is 10.8. The third-order valence-corrected chi connectivity index (χ3v) is 5.30. The largest absolute Gasteiger partial charge is 0.311 e. The lowest BCUT2D eigenvalue weighted by molar-refractivity contribution is -0.116. The van der Waals surface area contributed by atoms with Crippen molar-refractivity contribution in [1.82, 2.24) is 19.6 Å². The van der Waals surface area contributed by atoms with Gasteiger partial charge in [0.25, 0.3) is 5.78 Å². The van der Waals surface area contributed by atoms with E-state index in [0.29, 0.717) is 17.5 Å². The summed E-state index contributed by atoms with van der Waals surface area (Å²) >= 11 is 1.28. The SMILES string of the molecule is Cc1cc(C)n2nc(SCC(=O)N(CCC#N)c3ccc(C)c(C)c3)nc2n1. The highest BCUT2D eigenvalue weighted by Gasteiger charge is 2.18. The van der Waals surface area contributed by atoms with Gasteiger partial charge >= 0.3 is 0 Å². The number of carbonyl (C=O) groups excluding carboxylic acids is 1. The summed E-state index contributed by atoms with van der Waals surface area (Å²) in [4.78, 5) is 23.3. The van der Waals surface area contributed by atoms with Crippen LogP contribution in [-0.4, -0.2) is 37.8 Å². The Hall–Kier alpha value is -2.92. The second kappa shape index (κ2) is 8.40. The fourth-order valence-electron chi connectivity index (χ4n) is 2.87. The minimum Gasteiger partial charge on any atom is -0.311 e. The van der Waals surface area contributed by atoms with E-state index >= 15 is 0 Å². The van der Waals surface area contributed by atoms with Gasteiger partial charge in [-0.3, -0.25) is 4.79 Å². The first-order valence-corrected chi connectivity index (χ1v) is 9.96. The summed E-state index contributed by atoms with van der Waals surface area (Å²) in [6.07, 6.45) is 0.276. The zero-order valence-electron chi connectivity index (χ0n) is 16.4. The summed E-state index contributed by atoms with van der Waals surface area (Å²) in [5, 5.41) is 13.9. The van der Waals surface area contributed by atoms with E-state index < -0.39 is 0 Å². The Balaban J connectivity index is 1.77. The van der Waals surface area contributed by atoms with Gasteiger partial charge in [-0.15, -0.1) is 5.10 Å². The van der Waals surface area contributed by atoms with E-state index in [4.69, 9.17) is 5.26 Å². The van der Waals surface area contributed by atoms with Crippen molar-refractivity contribution >= 4 is 29.1 Å². The summed E-state index contributed by atoms with van der Waals surface area (Å²) in [5.74, 6) is 0.638. The summed E-state index contributed by atoms with van der Waals surface area (Å²) in [6.45, 7) is 8.26. The number of benzene rings is 1. The number of anilines is 1. The van der Waals surface area contributed by atoms with Gasteiger partial charge in [0, 0.05) is 23.6 Å². The number of aryl methyl sites for hydroxylation is 4. The monoisotopic (exact) mass is 394 g/mol. The summed E-state index contributed by atoms with van der Waals surface area (Å²) < 4.78 is 1.68. The molecule has 0 radical (unpaired) electrons. The van der Waals surface area contributed by atoms with Gasteiger partial charge in [0.05, 0.1) is 18.2 Å². The number of nitriles is 1. The van der Waals surface area contributed by atoms with Gasteiger partial charge in [-0.2, -0.15) is 10.2 Å². The van der Waals surface area contributed by atoms with Crippen molar-refractivity contribution in [2.75, 3.05) is 17.2 Å². The zero-order valence-corrected chi connectivity index (χ0v) is 17.2. The third-order valence-electron chi connectivity index (χ3n) is 4.47.